The lowest BCUT2D eigenvalue weighted by Crippen LogP contribution is -2.59. The van der Waals surface area contributed by atoms with Crippen molar-refractivity contribution in [2.24, 2.45) is 23.7 Å². The minimum Gasteiger partial charge on any atom is -0.461 e. The second-order valence-electron chi connectivity index (χ2n) is 9.24. The molecule has 4 rings (SSSR count). The van der Waals surface area contributed by atoms with Gasteiger partial charge in [0.15, 0.2) is 6.29 Å². The van der Waals surface area contributed by atoms with Gasteiger partial charge in [-0.25, -0.2) is 0 Å². The van der Waals surface area contributed by atoms with Crippen molar-refractivity contribution in [3.63, 3.8) is 0 Å². The van der Waals surface area contributed by atoms with Gasteiger partial charge in [-0.3, -0.25) is 4.79 Å². The van der Waals surface area contributed by atoms with Crippen LogP contribution in [0.1, 0.15) is 12.8 Å². The number of rotatable bonds is 5. The fraction of sp³-hybridized carbons (Fsp3) is 0.773. The summed E-state index contributed by atoms with van der Waals surface area (Å²) in [4.78, 5) is 12.5. The fourth-order valence-corrected chi connectivity index (χ4v) is 5.75. The molecule has 0 aromatic heterocycles. The molecule has 10 heteroatoms. The first-order chi connectivity index (χ1) is 15.2. The number of esters is 1. The van der Waals surface area contributed by atoms with Crippen molar-refractivity contribution in [2.75, 3.05) is 20.3 Å². The molecule has 32 heavy (non-hydrogen) atoms. The largest absolute Gasteiger partial charge is 0.461 e. The van der Waals surface area contributed by atoms with Crippen LogP contribution < -0.4 is 0 Å². The Morgan fingerprint density at radius 3 is 2.50 bits per heavy atom. The van der Waals surface area contributed by atoms with E-state index in [2.05, 4.69) is 13.2 Å². The molecule has 2 saturated carbocycles. The van der Waals surface area contributed by atoms with Crippen molar-refractivity contribution < 1.29 is 49.3 Å². The summed E-state index contributed by atoms with van der Waals surface area (Å²) in [5.74, 6) is -2.00. The zero-order chi connectivity index (χ0) is 23.3. The average molecular weight is 456 g/mol. The van der Waals surface area contributed by atoms with Gasteiger partial charge >= 0.3 is 5.97 Å². The molecule has 4 aliphatic rings. The Morgan fingerprint density at radius 2 is 1.84 bits per heavy atom. The van der Waals surface area contributed by atoms with Crippen LogP contribution in [0, 0.1) is 23.7 Å². The van der Waals surface area contributed by atoms with E-state index in [1.54, 1.807) is 0 Å². The van der Waals surface area contributed by atoms with Crippen LogP contribution in [-0.2, 0) is 23.7 Å². The predicted molar refractivity (Wildman–Crippen MR) is 108 cm³/mol. The molecule has 4 fully saturated rings. The molecule has 0 amide bonds. The van der Waals surface area contributed by atoms with Crippen molar-refractivity contribution in [1.82, 2.24) is 0 Å². The van der Waals surface area contributed by atoms with Crippen LogP contribution in [-0.4, -0.2) is 101 Å². The molecule has 2 aliphatic heterocycles. The number of aliphatic hydroxyl groups excluding tert-OH is 5. The van der Waals surface area contributed by atoms with Gasteiger partial charge in [0.05, 0.1) is 31.3 Å². The van der Waals surface area contributed by atoms with E-state index in [0.29, 0.717) is 18.4 Å². The number of carbonyl (C=O) groups is 1. The molecule has 0 spiro atoms. The van der Waals surface area contributed by atoms with E-state index in [-0.39, 0.29) is 18.4 Å². The standard InChI is InChI=1S/C22H32O10/c1-8-4-12(24)16-11(7-29-3)21(28)32-20(16)15-9(2)13(5-10(8)15)30-22-19(27)18(26)17(25)14(6-23)31-22/h10-20,22-27H,1-2,4-7H2,3H3/t10-,11-,12+,13-,14-,15-,16+,17-,18+,19-,20+,22-/m0/s1. The third-order valence-corrected chi connectivity index (χ3v) is 7.43. The molecule has 0 unspecified atom stereocenters. The number of hydrogen-bond donors (Lipinski definition) is 5. The third kappa shape index (κ3) is 3.82. The van der Waals surface area contributed by atoms with Crippen LogP contribution in [0.3, 0.4) is 0 Å². The summed E-state index contributed by atoms with van der Waals surface area (Å²) in [5, 5.41) is 50.6. The van der Waals surface area contributed by atoms with Gasteiger partial charge in [-0.05, 0) is 24.3 Å². The summed E-state index contributed by atoms with van der Waals surface area (Å²) in [7, 11) is 1.49. The van der Waals surface area contributed by atoms with E-state index in [1.807, 2.05) is 0 Å². The maximum absolute atomic E-state index is 12.5. The lowest BCUT2D eigenvalue weighted by atomic mass is 9.79. The molecule has 10 nitrogen and oxygen atoms in total. The minimum absolute atomic E-state index is 0.137. The quantitative estimate of drug-likeness (QED) is 0.244. The molecule has 180 valence electrons. The monoisotopic (exact) mass is 456 g/mol. The van der Waals surface area contributed by atoms with Crippen LogP contribution in [0.2, 0.25) is 0 Å². The molecule has 0 radical (unpaired) electrons. The summed E-state index contributed by atoms with van der Waals surface area (Å²) in [6.07, 6.45) is -8.25. The highest BCUT2D eigenvalue weighted by atomic mass is 16.7. The highest BCUT2D eigenvalue weighted by molar-refractivity contribution is 5.76. The summed E-state index contributed by atoms with van der Waals surface area (Å²) in [6.45, 7) is 7.90. The first-order valence-electron chi connectivity index (χ1n) is 10.9. The first-order valence-corrected chi connectivity index (χ1v) is 10.9. The predicted octanol–water partition coefficient (Wildman–Crippen LogP) is -1.51. The van der Waals surface area contributed by atoms with Crippen LogP contribution in [0.5, 0.6) is 0 Å². The maximum atomic E-state index is 12.5. The van der Waals surface area contributed by atoms with Crippen molar-refractivity contribution in [1.29, 1.82) is 0 Å². The van der Waals surface area contributed by atoms with Crippen molar-refractivity contribution in [3.05, 3.63) is 24.3 Å². The molecule has 0 aromatic carbocycles. The number of aliphatic hydroxyl groups is 5. The highest BCUT2D eigenvalue weighted by Gasteiger charge is 2.58. The maximum Gasteiger partial charge on any atom is 0.312 e. The Labute approximate surface area is 186 Å². The van der Waals surface area contributed by atoms with Crippen LogP contribution in [0.25, 0.3) is 0 Å². The summed E-state index contributed by atoms with van der Waals surface area (Å²) >= 11 is 0. The minimum atomic E-state index is -1.55. The zero-order valence-corrected chi connectivity index (χ0v) is 17.9. The Hall–Kier alpha value is -1.37. The van der Waals surface area contributed by atoms with E-state index in [0.717, 1.165) is 5.57 Å². The number of ether oxygens (including phenoxy) is 4. The third-order valence-electron chi connectivity index (χ3n) is 7.43. The van der Waals surface area contributed by atoms with Gasteiger partial charge in [-0.1, -0.05) is 18.7 Å². The Morgan fingerprint density at radius 1 is 1.12 bits per heavy atom. The van der Waals surface area contributed by atoms with Gasteiger partial charge in [-0.15, -0.1) is 0 Å². The van der Waals surface area contributed by atoms with Crippen LogP contribution in [0.15, 0.2) is 24.3 Å². The summed E-state index contributed by atoms with van der Waals surface area (Å²) in [6, 6.07) is 0. The van der Waals surface area contributed by atoms with Gasteiger partial charge in [0.2, 0.25) is 0 Å². The molecule has 2 aliphatic carbocycles. The van der Waals surface area contributed by atoms with E-state index < -0.39 is 73.4 Å². The van der Waals surface area contributed by atoms with Gasteiger partial charge in [0.25, 0.3) is 0 Å². The lowest BCUT2D eigenvalue weighted by Gasteiger charge is -2.40. The molecular weight excluding hydrogens is 424 g/mol. The van der Waals surface area contributed by atoms with Crippen molar-refractivity contribution in [3.8, 4) is 0 Å². The molecule has 5 N–H and O–H groups in total. The van der Waals surface area contributed by atoms with Crippen molar-refractivity contribution in [2.45, 2.75) is 61.9 Å². The second-order valence-corrected chi connectivity index (χ2v) is 9.24. The lowest BCUT2D eigenvalue weighted by molar-refractivity contribution is -0.308. The average Bonchev–Trinajstić information content (AvgIpc) is 3.22. The van der Waals surface area contributed by atoms with Crippen LogP contribution >= 0.6 is 0 Å². The van der Waals surface area contributed by atoms with Crippen LogP contribution in [0.4, 0.5) is 0 Å². The van der Waals surface area contributed by atoms with E-state index >= 15 is 0 Å². The highest BCUT2D eigenvalue weighted by Crippen LogP contribution is 2.53. The molecule has 0 aromatic rings. The van der Waals surface area contributed by atoms with Crippen molar-refractivity contribution >= 4 is 5.97 Å². The smallest absolute Gasteiger partial charge is 0.312 e. The van der Waals surface area contributed by atoms with Gasteiger partial charge in [0.1, 0.15) is 30.5 Å². The van der Waals surface area contributed by atoms with Gasteiger partial charge < -0.3 is 44.5 Å². The molecule has 12 atom stereocenters. The molecule has 2 saturated heterocycles. The zero-order valence-electron chi connectivity index (χ0n) is 17.9. The fourth-order valence-electron chi connectivity index (χ4n) is 5.75. The molecular formula is C22H32O10. The second kappa shape index (κ2) is 9.11. The number of methoxy groups -OCH3 is 1. The number of hydrogen-bond acceptors (Lipinski definition) is 10. The number of fused-ring (bicyclic) bond motifs is 3. The Kier molecular flexibility index (Phi) is 6.77. The topological polar surface area (TPSA) is 155 Å². The molecule has 0 bridgehead atoms. The molecule has 2 heterocycles. The van der Waals surface area contributed by atoms with Gasteiger partial charge in [-0.2, -0.15) is 0 Å². The SMILES string of the molecule is C=C1[C@@H]2[C@H]3OC(=O)[C@@H](COC)[C@@H]3[C@H](O)CC(=C)[C@@H]2C[C@@H]1O[C@H]1O[C@@H](CO)[C@H](O)[C@@H](O)[C@@H]1O. The summed E-state index contributed by atoms with van der Waals surface area (Å²) in [5.41, 5.74) is 1.41. The Balaban J connectivity index is 1.56. The number of carbonyl (C=O) groups excluding carboxylic acids is 1. The van der Waals surface area contributed by atoms with E-state index in [9.17, 15) is 30.3 Å². The van der Waals surface area contributed by atoms with E-state index in [4.69, 9.17) is 18.9 Å². The van der Waals surface area contributed by atoms with E-state index in [1.165, 1.54) is 7.11 Å². The summed E-state index contributed by atoms with van der Waals surface area (Å²) < 4.78 is 22.3. The Bertz CT molecular complexity index is 753. The normalized spacial score (nSPS) is 48.9. The van der Waals surface area contributed by atoms with Gasteiger partial charge in [0, 0.05) is 18.9 Å². The first kappa shape index (κ1) is 23.8.